The van der Waals surface area contributed by atoms with Crippen molar-refractivity contribution >= 4 is 32.6 Å². The second kappa shape index (κ2) is 11.6. The van der Waals surface area contributed by atoms with Crippen molar-refractivity contribution < 1.29 is 14.3 Å². The van der Waals surface area contributed by atoms with Crippen LogP contribution in [-0.4, -0.2) is 29.1 Å². The second-order valence-corrected chi connectivity index (χ2v) is 8.83. The molecule has 0 aliphatic heterocycles. The number of nitrogens with zero attached hydrogens (tertiary/aromatic N) is 3. The molecule has 0 bridgehead atoms. The summed E-state index contributed by atoms with van der Waals surface area (Å²) in [5.74, 6) is 1.35. The first-order valence-corrected chi connectivity index (χ1v) is 12.5. The van der Waals surface area contributed by atoms with Crippen LogP contribution in [0.1, 0.15) is 49.2 Å². The van der Waals surface area contributed by atoms with Crippen LogP contribution in [0.15, 0.2) is 66.9 Å². The number of para-hydroxylation sites is 1. The first-order chi connectivity index (χ1) is 16.7. The van der Waals surface area contributed by atoms with Crippen LogP contribution in [0.2, 0.25) is 0 Å². The van der Waals surface area contributed by atoms with E-state index in [0.29, 0.717) is 30.5 Å². The van der Waals surface area contributed by atoms with E-state index in [9.17, 15) is 4.79 Å². The highest BCUT2D eigenvalue weighted by atomic mass is 32.1. The Kier molecular flexibility index (Phi) is 8.09. The molecule has 0 aliphatic rings. The highest BCUT2D eigenvalue weighted by Gasteiger charge is 2.23. The molecule has 0 spiro atoms. The third kappa shape index (κ3) is 5.72. The van der Waals surface area contributed by atoms with E-state index in [1.807, 2.05) is 67.6 Å². The Bertz CT molecular complexity index is 1210. The fourth-order valence-corrected chi connectivity index (χ4v) is 4.55. The summed E-state index contributed by atoms with van der Waals surface area (Å²) in [5, 5.41) is 0.609. The molecule has 2 heterocycles. The maximum absolute atomic E-state index is 13.6. The molecule has 0 fully saturated rings. The summed E-state index contributed by atoms with van der Waals surface area (Å²) in [5.41, 5.74) is 2.12. The average Bonchev–Trinajstić information content (AvgIpc) is 3.31. The van der Waals surface area contributed by atoms with E-state index in [2.05, 4.69) is 11.9 Å². The molecule has 7 heteroatoms. The molecule has 176 valence electrons. The number of fused-ring (bicyclic) bond motifs is 1. The smallest absolute Gasteiger partial charge is 0.260 e. The number of carbonyl (C=O) groups is 1. The molecule has 6 nitrogen and oxygen atoms in total. The molecule has 0 saturated carbocycles. The normalized spacial score (nSPS) is 10.9. The Balaban J connectivity index is 1.62. The molecule has 2 aromatic heterocycles. The van der Waals surface area contributed by atoms with Gasteiger partial charge in [-0.1, -0.05) is 43.2 Å². The molecular formula is C27H29N3O3S. The Morgan fingerprint density at radius 1 is 0.971 bits per heavy atom. The molecule has 0 saturated heterocycles. The van der Waals surface area contributed by atoms with Gasteiger partial charge >= 0.3 is 0 Å². The van der Waals surface area contributed by atoms with Crippen molar-refractivity contribution in [3.8, 4) is 11.5 Å². The van der Waals surface area contributed by atoms with Gasteiger partial charge in [-0.05, 0) is 61.9 Å². The predicted octanol–water partition coefficient (Wildman–Crippen LogP) is 6.51. The maximum atomic E-state index is 13.6. The number of carbonyl (C=O) groups excluding carboxylic acids is 1. The first-order valence-electron chi connectivity index (χ1n) is 11.7. The van der Waals surface area contributed by atoms with E-state index in [1.165, 1.54) is 11.3 Å². The van der Waals surface area contributed by atoms with Crippen molar-refractivity contribution in [2.45, 2.75) is 39.7 Å². The van der Waals surface area contributed by atoms with Crippen LogP contribution in [0.4, 0.5) is 5.13 Å². The van der Waals surface area contributed by atoms with E-state index < -0.39 is 0 Å². The molecule has 0 aliphatic carbocycles. The van der Waals surface area contributed by atoms with Crippen LogP contribution in [0, 0.1) is 0 Å². The SMILES string of the molecule is CCCCCOc1ccc(C(=O)N(Cc2ccccn2)c2nc3c(OCC)cccc3s2)cc1. The highest BCUT2D eigenvalue weighted by molar-refractivity contribution is 7.22. The van der Waals surface area contributed by atoms with Gasteiger partial charge in [-0.2, -0.15) is 0 Å². The monoisotopic (exact) mass is 475 g/mol. The zero-order chi connectivity index (χ0) is 23.8. The Morgan fingerprint density at radius 3 is 2.56 bits per heavy atom. The van der Waals surface area contributed by atoms with Crippen LogP contribution >= 0.6 is 11.3 Å². The molecule has 34 heavy (non-hydrogen) atoms. The number of anilines is 1. The summed E-state index contributed by atoms with van der Waals surface area (Å²) in [4.78, 5) is 24.5. The highest BCUT2D eigenvalue weighted by Crippen LogP contribution is 2.35. The Morgan fingerprint density at radius 2 is 1.82 bits per heavy atom. The van der Waals surface area contributed by atoms with E-state index >= 15 is 0 Å². The number of thiazole rings is 1. The van der Waals surface area contributed by atoms with E-state index in [1.54, 1.807) is 11.1 Å². The van der Waals surface area contributed by atoms with Crippen LogP contribution in [0.25, 0.3) is 10.2 Å². The van der Waals surface area contributed by atoms with Crippen molar-refractivity contribution in [2.24, 2.45) is 0 Å². The number of pyridine rings is 1. The molecular weight excluding hydrogens is 446 g/mol. The van der Waals surface area contributed by atoms with Gasteiger partial charge in [0.05, 0.1) is 30.2 Å². The van der Waals surface area contributed by atoms with Crippen molar-refractivity contribution in [1.29, 1.82) is 0 Å². The molecule has 0 unspecified atom stereocenters. The molecule has 2 aromatic carbocycles. The number of rotatable bonds is 11. The Labute approximate surface area is 204 Å². The summed E-state index contributed by atoms with van der Waals surface area (Å²) in [7, 11) is 0. The number of unbranched alkanes of at least 4 members (excludes halogenated alkanes) is 2. The summed E-state index contributed by atoms with van der Waals surface area (Å²) >= 11 is 1.47. The van der Waals surface area contributed by atoms with Crippen LogP contribution in [0.5, 0.6) is 11.5 Å². The lowest BCUT2D eigenvalue weighted by molar-refractivity contribution is 0.0984. The van der Waals surface area contributed by atoms with Gasteiger partial charge in [-0.25, -0.2) is 4.98 Å². The van der Waals surface area contributed by atoms with Gasteiger partial charge in [0.1, 0.15) is 17.0 Å². The number of hydrogen-bond acceptors (Lipinski definition) is 6. The fraction of sp³-hybridized carbons (Fsp3) is 0.296. The third-order valence-corrected chi connectivity index (χ3v) is 6.35. The molecule has 4 aromatic rings. The van der Waals surface area contributed by atoms with Gasteiger partial charge in [0.25, 0.3) is 5.91 Å². The first kappa shape index (κ1) is 23.7. The summed E-state index contributed by atoms with van der Waals surface area (Å²) in [6, 6.07) is 18.8. The number of amides is 1. The predicted molar refractivity (Wildman–Crippen MR) is 137 cm³/mol. The number of ether oxygens (including phenoxy) is 2. The molecule has 0 atom stereocenters. The average molecular weight is 476 g/mol. The summed E-state index contributed by atoms with van der Waals surface area (Å²) < 4.78 is 12.5. The minimum absolute atomic E-state index is 0.139. The van der Waals surface area contributed by atoms with Crippen molar-refractivity contribution in [1.82, 2.24) is 9.97 Å². The largest absolute Gasteiger partial charge is 0.494 e. The van der Waals surface area contributed by atoms with Gasteiger partial charge in [0.2, 0.25) is 0 Å². The van der Waals surface area contributed by atoms with Crippen molar-refractivity contribution in [3.63, 3.8) is 0 Å². The Hall–Kier alpha value is -3.45. The standard InChI is InChI=1S/C27H29N3O3S/c1-3-5-8-18-33-22-15-13-20(14-16-22)26(31)30(19-21-10-6-7-17-28-21)27-29-25-23(32-4-2)11-9-12-24(25)34-27/h6-7,9-17H,3-5,8,18-19H2,1-2H3. The lowest BCUT2D eigenvalue weighted by atomic mass is 10.2. The van der Waals surface area contributed by atoms with Crippen molar-refractivity contribution in [3.05, 3.63) is 78.1 Å². The van der Waals surface area contributed by atoms with Gasteiger partial charge in [0.15, 0.2) is 5.13 Å². The lowest BCUT2D eigenvalue weighted by Crippen LogP contribution is -2.30. The topological polar surface area (TPSA) is 64.5 Å². The molecule has 0 radical (unpaired) electrons. The van der Waals surface area contributed by atoms with Gasteiger partial charge in [-0.15, -0.1) is 0 Å². The number of aromatic nitrogens is 2. The van der Waals surface area contributed by atoms with Gasteiger partial charge in [0, 0.05) is 11.8 Å². The maximum Gasteiger partial charge on any atom is 0.260 e. The minimum Gasteiger partial charge on any atom is -0.494 e. The molecule has 1 amide bonds. The van der Waals surface area contributed by atoms with Gasteiger partial charge in [-0.3, -0.25) is 14.7 Å². The summed E-state index contributed by atoms with van der Waals surface area (Å²) in [6.45, 7) is 5.66. The summed E-state index contributed by atoms with van der Waals surface area (Å²) in [6.07, 6.45) is 5.05. The molecule has 4 rings (SSSR count). The number of hydrogen-bond donors (Lipinski definition) is 0. The zero-order valence-corrected chi connectivity index (χ0v) is 20.4. The molecule has 0 N–H and O–H groups in total. The van der Waals surface area contributed by atoms with Crippen LogP contribution in [0.3, 0.4) is 0 Å². The minimum atomic E-state index is -0.139. The zero-order valence-electron chi connectivity index (χ0n) is 19.6. The van der Waals surface area contributed by atoms with Crippen LogP contribution in [-0.2, 0) is 6.54 Å². The van der Waals surface area contributed by atoms with E-state index in [4.69, 9.17) is 14.5 Å². The van der Waals surface area contributed by atoms with E-state index in [0.717, 1.165) is 46.7 Å². The van der Waals surface area contributed by atoms with Gasteiger partial charge < -0.3 is 9.47 Å². The number of benzene rings is 2. The van der Waals surface area contributed by atoms with Crippen molar-refractivity contribution in [2.75, 3.05) is 18.1 Å². The second-order valence-electron chi connectivity index (χ2n) is 7.82. The fourth-order valence-electron chi connectivity index (χ4n) is 3.57. The third-order valence-electron chi connectivity index (χ3n) is 5.31. The lowest BCUT2D eigenvalue weighted by Gasteiger charge is -2.20. The van der Waals surface area contributed by atoms with Crippen LogP contribution < -0.4 is 14.4 Å². The quantitative estimate of drug-likeness (QED) is 0.232. The van der Waals surface area contributed by atoms with E-state index in [-0.39, 0.29) is 5.91 Å².